The summed E-state index contributed by atoms with van der Waals surface area (Å²) in [7, 11) is 1.46. The van der Waals surface area contributed by atoms with Crippen LogP contribution in [-0.2, 0) is 13.6 Å². The highest BCUT2D eigenvalue weighted by Crippen LogP contribution is 2.04. The Hall–Kier alpha value is -2.96. The van der Waals surface area contributed by atoms with Gasteiger partial charge in [-0.2, -0.15) is 5.10 Å². The van der Waals surface area contributed by atoms with E-state index in [2.05, 4.69) is 10.4 Å². The molecule has 108 valence electrons. The third kappa shape index (κ3) is 3.53. The second-order valence-electron chi connectivity index (χ2n) is 4.37. The van der Waals surface area contributed by atoms with Crippen LogP contribution < -0.4 is 10.9 Å². The minimum Gasteiger partial charge on any atom is -0.478 e. The average molecular weight is 287 g/mol. The van der Waals surface area contributed by atoms with Gasteiger partial charge in [0.1, 0.15) is 5.69 Å². The molecule has 0 aliphatic carbocycles. The Morgan fingerprint density at radius 1 is 1.19 bits per heavy atom. The molecule has 7 nitrogen and oxygen atoms in total. The van der Waals surface area contributed by atoms with Crippen molar-refractivity contribution in [2.75, 3.05) is 0 Å². The molecule has 7 heteroatoms. The van der Waals surface area contributed by atoms with Crippen LogP contribution in [0.15, 0.2) is 41.2 Å². The molecule has 0 saturated heterocycles. The van der Waals surface area contributed by atoms with Crippen molar-refractivity contribution in [2.24, 2.45) is 7.05 Å². The number of aromatic carboxylic acids is 1. The highest BCUT2D eigenvalue weighted by atomic mass is 16.4. The Morgan fingerprint density at radius 2 is 1.86 bits per heavy atom. The van der Waals surface area contributed by atoms with Crippen molar-refractivity contribution in [3.8, 4) is 0 Å². The summed E-state index contributed by atoms with van der Waals surface area (Å²) in [6, 6.07) is 8.80. The number of rotatable bonds is 4. The van der Waals surface area contributed by atoms with Gasteiger partial charge < -0.3 is 10.4 Å². The van der Waals surface area contributed by atoms with Gasteiger partial charge in [0.25, 0.3) is 11.5 Å². The zero-order valence-electron chi connectivity index (χ0n) is 11.2. The third-order valence-electron chi connectivity index (χ3n) is 2.85. The van der Waals surface area contributed by atoms with Crippen LogP contribution in [0.5, 0.6) is 0 Å². The van der Waals surface area contributed by atoms with Gasteiger partial charge in [-0.05, 0) is 23.8 Å². The van der Waals surface area contributed by atoms with Gasteiger partial charge in [0.15, 0.2) is 0 Å². The Morgan fingerprint density at radius 3 is 2.43 bits per heavy atom. The standard InChI is InChI=1S/C14H13N3O4/c1-17-12(18)7-6-11(16-17)13(19)15-8-9-2-4-10(5-3-9)14(20)21/h2-7H,8H2,1H3,(H,15,19)(H,20,21). The maximum atomic E-state index is 11.9. The van der Waals surface area contributed by atoms with Crippen molar-refractivity contribution < 1.29 is 14.7 Å². The molecule has 0 fully saturated rings. The summed E-state index contributed by atoms with van der Waals surface area (Å²) in [4.78, 5) is 33.8. The zero-order chi connectivity index (χ0) is 15.4. The number of nitrogens with one attached hydrogen (secondary N) is 1. The Labute approximate surface area is 119 Å². The van der Waals surface area contributed by atoms with Gasteiger partial charge in [0.05, 0.1) is 5.56 Å². The van der Waals surface area contributed by atoms with E-state index in [0.717, 1.165) is 10.2 Å². The minimum atomic E-state index is -1.00. The maximum absolute atomic E-state index is 11.9. The maximum Gasteiger partial charge on any atom is 0.335 e. The molecular weight excluding hydrogens is 274 g/mol. The van der Waals surface area contributed by atoms with Crippen LogP contribution in [0.25, 0.3) is 0 Å². The van der Waals surface area contributed by atoms with Crippen molar-refractivity contribution >= 4 is 11.9 Å². The molecule has 0 bridgehead atoms. The number of carboxylic acids is 1. The lowest BCUT2D eigenvalue weighted by Gasteiger charge is -2.06. The number of carbonyl (C=O) groups excluding carboxylic acids is 1. The van der Waals surface area contributed by atoms with Crippen molar-refractivity contribution in [2.45, 2.75) is 6.54 Å². The van der Waals surface area contributed by atoms with E-state index in [9.17, 15) is 14.4 Å². The van der Waals surface area contributed by atoms with Crippen molar-refractivity contribution in [1.82, 2.24) is 15.1 Å². The van der Waals surface area contributed by atoms with E-state index in [1.807, 2.05) is 0 Å². The molecule has 1 amide bonds. The van der Waals surface area contributed by atoms with Crippen molar-refractivity contribution in [3.63, 3.8) is 0 Å². The van der Waals surface area contributed by atoms with Gasteiger partial charge in [-0.3, -0.25) is 9.59 Å². The molecule has 0 unspecified atom stereocenters. The summed E-state index contributed by atoms with van der Waals surface area (Å²) < 4.78 is 1.08. The van der Waals surface area contributed by atoms with E-state index < -0.39 is 11.9 Å². The Bertz CT molecular complexity index is 735. The lowest BCUT2D eigenvalue weighted by Crippen LogP contribution is -2.28. The first kappa shape index (κ1) is 14.4. The molecule has 1 aromatic heterocycles. The molecule has 0 radical (unpaired) electrons. The van der Waals surface area contributed by atoms with Crippen molar-refractivity contribution in [1.29, 1.82) is 0 Å². The predicted octanol–water partition coefficient (Wildman–Crippen LogP) is 0.408. The molecule has 0 aliphatic rings. The van der Waals surface area contributed by atoms with Crippen LogP contribution in [0.4, 0.5) is 0 Å². The van der Waals surface area contributed by atoms with E-state index in [0.29, 0.717) is 0 Å². The number of aromatic nitrogens is 2. The van der Waals surface area contributed by atoms with E-state index in [1.54, 1.807) is 12.1 Å². The molecule has 21 heavy (non-hydrogen) atoms. The fourth-order valence-corrected chi connectivity index (χ4v) is 1.66. The van der Waals surface area contributed by atoms with Gasteiger partial charge in [-0.25, -0.2) is 9.48 Å². The van der Waals surface area contributed by atoms with Crippen LogP contribution in [-0.4, -0.2) is 26.8 Å². The first-order chi connectivity index (χ1) is 9.97. The normalized spacial score (nSPS) is 10.1. The number of aryl methyl sites for hydroxylation is 1. The zero-order valence-corrected chi connectivity index (χ0v) is 11.2. The first-order valence-electron chi connectivity index (χ1n) is 6.12. The number of benzene rings is 1. The smallest absolute Gasteiger partial charge is 0.335 e. The molecule has 2 N–H and O–H groups in total. The Kier molecular flexibility index (Phi) is 4.13. The molecule has 1 aromatic carbocycles. The molecule has 2 aromatic rings. The predicted molar refractivity (Wildman–Crippen MR) is 74.0 cm³/mol. The van der Waals surface area contributed by atoms with Gasteiger partial charge >= 0.3 is 5.97 Å². The van der Waals surface area contributed by atoms with E-state index in [1.165, 1.54) is 31.3 Å². The van der Waals surface area contributed by atoms with E-state index in [-0.39, 0.29) is 23.4 Å². The van der Waals surface area contributed by atoms with Crippen molar-refractivity contribution in [3.05, 3.63) is 63.6 Å². The first-order valence-corrected chi connectivity index (χ1v) is 6.12. The largest absolute Gasteiger partial charge is 0.478 e. The molecule has 0 saturated carbocycles. The summed E-state index contributed by atoms with van der Waals surface area (Å²) >= 11 is 0. The van der Waals surface area contributed by atoms with Gasteiger partial charge in [-0.15, -0.1) is 0 Å². The van der Waals surface area contributed by atoms with Crippen LogP contribution >= 0.6 is 0 Å². The Balaban J connectivity index is 2.01. The second kappa shape index (κ2) is 6.00. The van der Waals surface area contributed by atoms with Crippen LogP contribution in [0, 0.1) is 0 Å². The average Bonchev–Trinajstić information content (AvgIpc) is 2.48. The summed E-state index contributed by atoms with van der Waals surface area (Å²) in [6.45, 7) is 0.239. The number of carboxylic acid groups (broad SMARTS) is 1. The van der Waals surface area contributed by atoms with Crippen LogP contribution in [0.1, 0.15) is 26.4 Å². The van der Waals surface area contributed by atoms with Crippen LogP contribution in [0.3, 0.4) is 0 Å². The number of amides is 1. The lowest BCUT2D eigenvalue weighted by molar-refractivity contribution is 0.0696. The van der Waals surface area contributed by atoms with E-state index in [4.69, 9.17) is 5.11 Å². The molecule has 1 heterocycles. The molecular formula is C14H13N3O4. The molecule has 0 aliphatic heterocycles. The highest BCUT2D eigenvalue weighted by Gasteiger charge is 2.08. The number of nitrogens with zero attached hydrogens (tertiary/aromatic N) is 2. The fourth-order valence-electron chi connectivity index (χ4n) is 1.66. The topological polar surface area (TPSA) is 101 Å². The van der Waals surface area contributed by atoms with Crippen LogP contribution in [0.2, 0.25) is 0 Å². The lowest BCUT2D eigenvalue weighted by atomic mass is 10.1. The molecule has 0 spiro atoms. The summed E-state index contributed by atoms with van der Waals surface area (Å²) in [5.41, 5.74) is 0.790. The third-order valence-corrected chi connectivity index (χ3v) is 2.85. The summed E-state index contributed by atoms with van der Waals surface area (Å²) in [5.74, 6) is -1.41. The van der Waals surface area contributed by atoms with Gasteiger partial charge in [-0.1, -0.05) is 12.1 Å². The second-order valence-corrected chi connectivity index (χ2v) is 4.37. The number of hydrogen-bond acceptors (Lipinski definition) is 4. The molecule has 0 atom stereocenters. The minimum absolute atomic E-state index is 0.138. The number of hydrogen-bond donors (Lipinski definition) is 2. The monoisotopic (exact) mass is 287 g/mol. The quantitative estimate of drug-likeness (QED) is 0.848. The highest BCUT2D eigenvalue weighted by molar-refractivity contribution is 5.92. The van der Waals surface area contributed by atoms with E-state index >= 15 is 0 Å². The van der Waals surface area contributed by atoms with Gasteiger partial charge in [0, 0.05) is 19.7 Å². The number of carbonyl (C=O) groups is 2. The summed E-state index contributed by atoms with van der Waals surface area (Å²) in [6.07, 6.45) is 0. The summed E-state index contributed by atoms with van der Waals surface area (Å²) in [5, 5.41) is 15.3. The fraction of sp³-hybridized carbons (Fsp3) is 0.143. The van der Waals surface area contributed by atoms with Gasteiger partial charge in [0.2, 0.25) is 0 Å². The molecule has 2 rings (SSSR count). The SMILES string of the molecule is Cn1nc(C(=O)NCc2ccc(C(=O)O)cc2)ccc1=O.